The van der Waals surface area contributed by atoms with Gasteiger partial charge in [-0.05, 0) is 32.0 Å². The Morgan fingerprint density at radius 3 is 2.67 bits per heavy atom. The number of alkyl halides is 2. The highest BCUT2D eigenvalue weighted by Gasteiger charge is 2.47. The van der Waals surface area contributed by atoms with E-state index in [-0.39, 0.29) is 29.1 Å². The van der Waals surface area contributed by atoms with Crippen LogP contribution in [-0.2, 0) is 4.79 Å². The number of ether oxygens (including phenoxy) is 1. The number of nitrogens with two attached hydrogens (primary N) is 1. The molecule has 1 aliphatic heterocycles. The van der Waals surface area contributed by atoms with Crippen molar-refractivity contribution >= 4 is 35.0 Å². The van der Waals surface area contributed by atoms with Crippen LogP contribution in [0.4, 0.5) is 31.9 Å². The van der Waals surface area contributed by atoms with E-state index in [1.165, 1.54) is 37.4 Å². The van der Waals surface area contributed by atoms with Gasteiger partial charge >= 0.3 is 5.92 Å². The molecule has 1 aliphatic rings. The molecule has 1 aromatic carbocycles. The van der Waals surface area contributed by atoms with Crippen molar-refractivity contribution < 1.29 is 23.1 Å². The lowest BCUT2D eigenvalue weighted by atomic mass is 10.2. The fourth-order valence-corrected chi connectivity index (χ4v) is 3.08. The Morgan fingerprint density at radius 2 is 2.07 bits per heavy atom. The van der Waals surface area contributed by atoms with Crippen LogP contribution < -0.4 is 25.6 Å². The third-order valence-corrected chi connectivity index (χ3v) is 4.73. The molecule has 0 aliphatic carbocycles. The van der Waals surface area contributed by atoms with E-state index in [0.29, 0.717) is 11.4 Å². The summed E-state index contributed by atoms with van der Waals surface area (Å²) in [6, 6.07) is 4.19. The number of halogens is 2. The first kappa shape index (κ1) is 21.2. The maximum absolute atomic E-state index is 14.4. The lowest BCUT2D eigenvalue weighted by Gasteiger charge is -2.29. The Morgan fingerprint density at radius 1 is 1.37 bits per heavy atom. The van der Waals surface area contributed by atoms with E-state index >= 15 is 0 Å². The molecule has 2 amide bonds. The lowest BCUT2D eigenvalue weighted by molar-refractivity contribution is -0.140. The molecule has 30 heavy (non-hydrogen) atoms. The molecule has 1 aromatic heterocycles. The Balaban J connectivity index is 2.03. The van der Waals surface area contributed by atoms with Crippen molar-refractivity contribution in [1.82, 2.24) is 9.97 Å². The van der Waals surface area contributed by atoms with Gasteiger partial charge in [0.25, 0.3) is 5.91 Å². The number of nitrogens with one attached hydrogen (secondary N) is 1. The first-order chi connectivity index (χ1) is 14.0. The normalized spacial score (nSPS) is 15.6. The van der Waals surface area contributed by atoms with Crippen LogP contribution in [0, 0.1) is 0 Å². The Bertz CT molecular complexity index is 998. The van der Waals surface area contributed by atoms with E-state index in [1.54, 1.807) is 19.9 Å². The van der Waals surface area contributed by atoms with Gasteiger partial charge < -0.3 is 25.6 Å². The van der Waals surface area contributed by atoms with Crippen LogP contribution in [0.25, 0.3) is 0 Å². The molecular formula is C19H22F2N6O3. The SMILES string of the molecule is COc1cc(C(N)=O)ccc1Nc1ncc2c(n1)N(C(C)C)CC(F)(F)C(=O)N2C. The number of fused-ring (bicyclic) bond motifs is 1. The molecule has 11 heteroatoms. The summed E-state index contributed by atoms with van der Waals surface area (Å²) < 4.78 is 34.0. The van der Waals surface area contributed by atoms with Gasteiger partial charge in [0.2, 0.25) is 11.9 Å². The maximum atomic E-state index is 14.4. The maximum Gasteiger partial charge on any atom is 0.342 e. The lowest BCUT2D eigenvalue weighted by Crippen LogP contribution is -2.47. The molecule has 9 nitrogen and oxygen atoms in total. The van der Waals surface area contributed by atoms with Gasteiger partial charge in [-0.1, -0.05) is 0 Å². The zero-order valence-corrected chi connectivity index (χ0v) is 16.9. The Kier molecular flexibility index (Phi) is 5.47. The van der Waals surface area contributed by atoms with Gasteiger partial charge in [0, 0.05) is 18.7 Å². The summed E-state index contributed by atoms with van der Waals surface area (Å²) in [5.41, 5.74) is 6.16. The summed E-state index contributed by atoms with van der Waals surface area (Å²) in [5, 5.41) is 2.95. The summed E-state index contributed by atoms with van der Waals surface area (Å²) in [7, 11) is 2.69. The number of aromatic nitrogens is 2. The van der Waals surface area contributed by atoms with E-state index in [0.717, 1.165) is 4.90 Å². The minimum absolute atomic E-state index is 0.107. The van der Waals surface area contributed by atoms with Gasteiger partial charge in [0.1, 0.15) is 11.4 Å². The van der Waals surface area contributed by atoms with Gasteiger partial charge in [-0.3, -0.25) is 9.59 Å². The fourth-order valence-electron chi connectivity index (χ4n) is 3.08. The number of anilines is 4. The number of carbonyl (C=O) groups is 2. The van der Waals surface area contributed by atoms with Crippen molar-refractivity contribution in [2.45, 2.75) is 25.8 Å². The predicted octanol–water partition coefficient (Wildman–Crippen LogP) is 2.15. The van der Waals surface area contributed by atoms with Crippen molar-refractivity contribution in [3.8, 4) is 5.75 Å². The molecule has 2 heterocycles. The molecule has 0 saturated heterocycles. The molecule has 0 spiro atoms. The van der Waals surface area contributed by atoms with Crippen molar-refractivity contribution in [3.63, 3.8) is 0 Å². The predicted molar refractivity (Wildman–Crippen MR) is 108 cm³/mol. The van der Waals surface area contributed by atoms with E-state index in [2.05, 4.69) is 15.3 Å². The monoisotopic (exact) mass is 420 g/mol. The van der Waals surface area contributed by atoms with Crippen LogP contribution in [-0.4, -0.2) is 54.4 Å². The van der Waals surface area contributed by atoms with Crippen molar-refractivity contribution in [1.29, 1.82) is 0 Å². The molecule has 0 bridgehead atoms. The average molecular weight is 420 g/mol. The second kappa shape index (κ2) is 7.73. The second-order valence-corrected chi connectivity index (χ2v) is 7.10. The second-order valence-electron chi connectivity index (χ2n) is 7.10. The quantitative estimate of drug-likeness (QED) is 0.762. The van der Waals surface area contributed by atoms with Gasteiger partial charge in [0.15, 0.2) is 5.82 Å². The fraction of sp³-hybridized carbons (Fsp3) is 0.368. The highest BCUT2D eigenvalue weighted by atomic mass is 19.3. The van der Waals surface area contributed by atoms with Crippen LogP contribution in [0.2, 0.25) is 0 Å². The highest BCUT2D eigenvalue weighted by Crippen LogP contribution is 2.37. The number of carbonyl (C=O) groups excluding carboxylic acids is 2. The third-order valence-electron chi connectivity index (χ3n) is 4.73. The summed E-state index contributed by atoms with van der Waals surface area (Å²) in [6.45, 7) is 2.67. The number of hydrogen-bond acceptors (Lipinski definition) is 7. The van der Waals surface area contributed by atoms with Crippen LogP contribution >= 0.6 is 0 Å². The van der Waals surface area contributed by atoms with Crippen molar-refractivity contribution in [2.75, 3.05) is 35.8 Å². The molecule has 0 atom stereocenters. The van der Waals surface area contributed by atoms with Gasteiger partial charge in [0.05, 0.1) is 25.5 Å². The highest BCUT2D eigenvalue weighted by molar-refractivity contribution is 6.02. The van der Waals surface area contributed by atoms with Crippen molar-refractivity contribution in [2.24, 2.45) is 5.73 Å². The smallest absolute Gasteiger partial charge is 0.342 e. The van der Waals surface area contributed by atoms with Crippen molar-refractivity contribution in [3.05, 3.63) is 30.0 Å². The minimum atomic E-state index is -3.57. The molecule has 0 saturated carbocycles. The first-order valence-corrected chi connectivity index (χ1v) is 9.09. The van der Waals surface area contributed by atoms with Gasteiger partial charge in [-0.25, -0.2) is 4.98 Å². The van der Waals surface area contributed by atoms with E-state index in [4.69, 9.17) is 10.5 Å². The zero-order valence-electron chi connectivity index (χ0n) is 16.9. The molecule has 3 rings (SSSR count). The zero-order chi connectivity index (χ0) is 22.2. The molecule has 0 radical (unpaired) electrons. The number of benzene rings is 1. The number of amides is 2. The number of primary amides is 1. The van der Waals surface area contributed by atoms with E-state index < -0.39 is 24.3 Å². The molecule has 160 valence electrons. The minimum Gasteiger partial charge on any atom is -0.495 e. The Labute approximate surface area is 171 Å². The number of hydrogen-bond donors (Lipinski definition) is 2. The van der Waals surface area contributed by atoms with Gasteiger partial charge in [-0.15, -0.1) is 0 Å². The Hall–Kier alpha value is -3.50. The standard InChI is InChI=1S/C19H22F2N6O3/c1-10(2)27-9-19(20,21)17(29)26(3)13-8-23-18(25-16(13)27)24-12-6-5-11(15(22)28)7-14(12)30-4/h5-8,10H,9H2,1-4H3,(H2,22,28)(H,23,24,25). The first-order valence-electron chi connectivity index (χ1n) is 9.09. The van der Waals surface area contributed by atoms with E-state index in [1.807, 2.05) is 0 Å². The molecular weight excluding hydrogens is 398 g/mol. The molecule has 0 fully saturated rings. The average Bonchev–Trinajstić information content (AvgIpc) is 2.77. The van der Waals surface area contributed by atoms with Crippen LogP contribution in [0.15, 0.2) is 24.4 Å². The number of nitrogens with zero attached hydrogens (tertiary/aromatic N) is 4. The molecule has 2 aromatic rings. The van der Waals surface area contributed by atoms with Crippen LogP contribution in [0.5, 0.6) is 5.75 Å². The summed E-state index contributed by atoms with van der Waals surface area (Å²) in [6.07, 6.45) is 1.31. The van der Waals surface area contributed by atoms with E-state index in [9.17, 15) is 18.4 Å². The number of rotatable bonds is 5. The molecule has 3 N–H and O–H groups in total. The topological polar surface area (TPSA) is 114 Å². The number of methoxy groups -OCH3 is 1. The van der Waals surface area contributed by atoms with Crippen LogP contribution in [0.3, 0.4) is 0 Å². The third kappa shape index (κ3) is 3.82. The summed E-state index contributed by atoms with van der Waals surface area (Å²) >= 11 is 0. The summed E-state index contributed by atoms with van der Waals surface area (Å²) in [4.78, 5) is 34.3. The summed E-state index contributed by atoms with van der Waals surface area (Å²) in [5.74, 6) is -4.87. The van der Waals surface area contributed by atoms with Gasteiger partial charge in [-0.2, -0.15) is 13.8 Å². The largest absolute Gasteiger partial charge is 0.495 e. The molecule has 0 unspecified atom stereocenters. The van der Waals surface area contributed by atoms with Crippen LogP contribution in [0.1, 0.15) is 24.2 Å².